The fraction of sp³-hybridized carbons (Fsp3) is 0.400. The molecule has 20 heavy (non-hydrogen) atoms. The Balaban J connectivity index is 1.87. The standard InChI is InChI=1S/C15H20N4O/c1-11-5-4-6-14(17-11)12(2)18-15(20)8-7-13-9-10-16-19(13)3/h4-6,9-10,12H,7-8H2,1-3H3,(H,18,20)/t12-/m0/s1. The van der Waals surface area contributed by atoms with E-state index in [1.54, 1.807) is 10.9 Å². The summed E-state index contributed by atoms with van der Waals surface area (Å²) in [7, 11) is 1.88. The highest BCUT2D eigenvalue weighted by molar-refractivity contribution is 5.76. The summed E-state index contributed by atoms with van der Waals surface area (Å²) in [6, 6.07) is 7.68. The van der Waals surface area contributed by atoms with Crippen molar-refractivity contribution in [2.75, 3.05) is 0 Å². The van der Waals surface area contributed by atoms with E-state index in [0.717, 1.165) is 17.1 Å². The van der Waals surface area contributed by atoms with E-state index in [2.05, 4.69) is 15.4 Å². The molecule has 0 radical (unpaired) electrons. The van der Waals surface area contributed by atoms with Gasteiger partial charge in [0.2, 0.25) is 5.91 Å². The van der Waals surface area contributed by atoms with Crippen LogP contribution in [0.3, 0.4) is 0 Å². The molecule has 2 heterocycles. The summed E-state index contributed by atoms with van der Waals surface area (Å²) in [5.74, 6) is 0.0296. The molecular formula is C15H20N4O. The lowest BCUT2D eigenvalue weighted by atomic mass is 10.1. The zero-order valence-electron chi connectivity index (χ0n) is 12.1. The molecule has 0 aliphatic rings. The van der Waals surface area contributed by atoms with E-state index < -0.39 is 0 Å². The Kier molecular flexibility index (Phi) is 4.50. The van der Waals surface area contributed by atoms with Crippen molar-refractivity contribution in [3.8, 4) is 0 Å². The first-order chi connectivity index (χ1) is 9.56. The maximum atomic E-state index is 11.9. The smallest absolute Gasteiger partial charge is 0.220 e. The predicted molar refractivity (Wildman–Crippen MR) is 77.1 cm³/mol. The Hall–Kier alpha value is -2.17. The highest BCUT2D eigenvalue weighted by atomic mass is 16.1. The lowest BCUT2D eigenvalue weighted by Gasteiger charge is -2.14. The molecule has 0 unspecified atom stereocenters. The van der Waals surface area contributed by atoms with Gasteiger partial charge in [0.1, 0.15) is 0 Å². The molecule has 0 aliphatic carbocycles. The molecule has 0 saturated heterocycles. The number of rotatable bonds is 5. The zero-order chi connectivity index (χ0) is 14.5. The Bertz CT molecular complexity index is 591. The largest absolute Gasteiger partial charge is 0.348 e. The highest BCUT2D eigenvalue weighted by Crippen LogP contribution is 2.10. The third-order valence-corrected chi connectivity index (χ3v) is 3.26. The van der Waals surface area contributed by atoms with E-state index in [1.165, 1.54) is 0 Å². The monoisotopic (exact) mass is 272 g/mol. The summed E-state index contributed by atoms with van der Waals surface area (Å²) in [6.45, 7) is 3.89. The molecule has 1 amide bonds. The van der Waals surface area contributed by atoms with Gasteiger partial charge in [0.15, 0.2) is 0 Å². The van der Waals surface area contributed by atoms with Crippen molar-refractivity contribution < 1.29 is 4.79 Å². The van der Waals surface area contributed by atoms with Gasteiger partial charge in [-0.3, -0.25) is 14.5 Å². The molecular weight excluding hydrogens is 252 g/mol. The SMILES string of the molecule is Cc1cccc([C@H](C)NC(=O)CCc2ccnn2C)n1. The van der Waals surface area contributed by atoms with Crippen LogP contribution in [0.1, 0.15) is 36.5 Å². The second-order valence-corrected chi connectivity index (χ2v) is 4.94. The fourth-order valence-electron chi connectivity index (χ4n) is 2.08. The van der Waals surface area contributed by atoms with Crippen LogP contribution >= 0.6 is 0 Å². The van der Waals surface area contributed by atoms with Crippen molar-refractivity contribution in [2.45, 2.75) is 32.7 Å². The van der Waals surface area contributed by atoms with Crippen LogP contribution in [0.15, 0.2) is 30.5 Å². The molecule has 5 nitrogen and oxygen atoms in total. The topological polar surface area (TPSA) is 59.8 Å². The first-order valence-corrected chi connectivity index (χ1v) is 6.76. The van der Waals surface area contributed by atoms with Gasteiger partial charge in [-0.15, -0.1) is 0 Å². The summed E-state index contributed by atoms with van der Waals surface area (Å²) in [5, 5.41) is 7.06. The van der Waals surface area contributed by atoms with Gasteiger partial charge in [0.05, 0.1) is 11.7 Å². The molecule has 0 fully saturated rings. The minimum atomic E-state index is -0.0751. The van der Waals surface area contributed by atoms with Crippen molar-refractivity contribution >= 4 is 5.91 Å². The first-order valence-electron chi connectivity index (χ1n) is 6.76. The van der Waals surface area contributed by atoms with Gasteiger partial charge in [0.25, 0.3) is 0 Å². The molecule has 0 spiro atoms. The lowest BCUT2D eigenvalue weighted by molar-refractivity contribution is -0.121. The number of nitrogens with zero attached hydrogens (tertiary/aromatic N) is 3. The molecule has 1 atom stereocenters. The van der Waals surface area contributed by atoms with Crippen LogP contribution in [0.2, 0.25) is 0 Å². The van der Waals surface area contributed by atoms with E-state index in [-0.39, 0.29) is 11.9 Å². The van der Waals surface area contributed by atoms with Crippen molar-refractivity contribution in [1.29, 1.82) is 0 Å². The normalized spacial score (nSPS) is 12.2. The Labute approximate surface area is 119 Å². The average molecular weight is 272 g/mol. The van der Waals surface area contributed by atoms with E-state index in [1.807, 2.05) is 45.2 Å². The van der Waals surface area contributed by atoms with Crippen LogP contribution in [-0.2, 0) is 18.3 Å². The number of hydrogen-bond acceptors (Lipinski definition) is 3. The summed E-state index contributed by atoms with van der Waals surface area (Å²) < 4.78 is 1.79. The number of amides is 1. The molecule has 0 saturated carbocycles. The molecule has 2 aromatic heterocycles. The Morgan fingerprint density at radius 1 is 1.40 bits per heavy atom. The fourth-order valence-corrected chi connectivity index (χ4v) is 2.08. The number of pyridine rings is 1. The highest BCUT2D eigenvalue weighted by Gasteiger charge is 2.11. The second-order valence-electron chi connectivity index (χ2n) is 4.94. The third kappa shape index (κ3) is 3.66. The van der Waals surface area contributed by atoms with Gasteiger partial charge >= 0.3 is 0 Å². The van der Waals surface area contributed by atoms with Crippen molar-refractivity contribution in [2.24, 2.45) is 7.05 Å². The molecule has 5 heteroatoms. The van der Waals surface area contributed by atoms with Crippen LogP contribution in [0.5, 0.6) is 0 Å². The molecule has 0 aromatic carbocycles. The van der Waals surface area contributed by atoms with Crippen molar-refractivity contribution in [1.82, 2.24) is 20.1 Å². The van der Waals surface area contributed by atoms with Gasteiger partial charge in [0, 0.05) is 31.1 Å². The van der Waals surface area contributed by atoms with Gasteiger partial charge in [-0.2, -0.15) is 5.10 Å². The van der Waals surface area contributed by atoms with E-state index >= 15 is 0 Å². The van der Waals surface area contributed by atoms with Crippen molar-refractivity contribution in [3.63, 3.8) is 0 Å². The van der Waals surface area contributed by atoms with E-state index in [0.29, 0.717) is 12.8 Å². The summed E-state index contributed by atoms with van der Waals surface area (Å²) >= 11 is 0. The molecule has 0 bridgehead atoms. The maximum absolute atomic E-state index is 11.9. The maximum Gasteiger partial charge on any atom is 0.220 e. The number of aryl methyl sites for hydroxylation is 3. The Morgan fingerprint density at radius 3 is 2.85 bits per heavy atom. The van der Waals surface area contributed by atoms with Crippen LogP contribution < -0.4 is 5.32 Å². The summed E-state index contributed by atoms with van der Waals surface area (Å²) in [5.41, 5.74) is 2.90. The number of nitrogens with one attached hydrogen (secondary N) is 1. The summed E-state index contributed by atoms with van der Waals surface area (Å²) in [6.07, 6.45) is 2.89. The summed E-state index contributed by atoms with van der Waals surface area (Å²) in [4.78, 5) is 16.4. The van der Waals surface area contributed by atoms with Crippen molar-refractivity contribution in [3.05, 3.63) is 47.5 Å². The number of hydrogen-bond donors (Lipinski definition) is 1. The van der Waals surface area contributed by atoms with Crippen LogP contribution in [0, 0.1) is 6.92 Å². The van der Waals surface area contributed by atoms with Crippen LogP contribution in [0.4, 0.5) is 0 Å². The molecule has 2 aromatic rings. The third-order valence-electron chi connectivity index (χ3n) is 3.26. The van der Waals surface area contributed by atoms with E-state index in [9.17, 15) is 4.79 Å². The molecule has 106 valence electrons. The zero-order valence-corrected chi connectivity index (χ0v) is 12.1. The van der Waals surface area contributed by atoms with Crippen LogP contribution in [0.25, 0.3) is 0 Å². The average Bonchev–Trinajstić information content (AvgIpc) is 2.82. The van der Waals surface area contributed by atoms with Gasteiger partial charge in [-0.1, -0.05) is 6.07 Å². The molecule has 2 rings (SSSR count). The second kappa shape index (κ2) is 6.32. The van der Waals surface area contributed by atoms with Gasteiger partial charge < -0.3 is 5.32 Å². The minimum absolute atomic E-state index is 0.0296. The van der Waals surface area contributed by atoms with Crippen LogP contribution in [-0.4, -0.2) is 20.7 Å². The van der Waals surface area contributed by atoms with Gasteiger partial charge in [-0.25, -0.2) is 0 Å². The van der Waals surface area contributed by atoms with Gasteiger partial charge in [-0.05, 0) is 38.5 Å². The van der Waals surface area contributed by atoms with E-state index in [4.69, 9.17) is 0 Å². The lowest BCUT2D eigenvalue weighted by Crippen LogP contribution is -2.27. The molecule has 0 aliphatic heterocycles. The predicted octanol–water partition coefficient (Wildman–Crippen LogP) is 1.93. The minimum Gasteiger partial charge on any atom is -0.348 e. The Morgan fingerprint density at radius 2 is 2.20 bits per heavy atom. The quantitative estimate of drug-likeness (QED) is 0.904. The number of aromatic nitrogens is 3. The first kappa shape index (κ1) is 14.2. The number of carbonyl (C=O) groups is 1. The number of carbonyl (C=O) groups excluding carboxylic acids is 1. The molecule has 1 N–H and O–H groups in total.